The molecule has 1 saturated heterocycles. The van der Waals surface area contributed by atoms with E-state index in [0.29, 0.717) is 31.7 Å². The number of nitrogens with one attached hydrogen (secondary N) is 1. The molecule has 6 heteroatoms. The molecular formula is C17H22N4O2. The summed E-state index contributed by atoms with van der Waals surface area (Å²) in [4.78, 5) is 15.0. The molecule has 0 saturated carbocycles. The van der Waals surface area contributed by atoms with Gasteiger partial charge < -0.3 is 10.4 Å². The second-order valence-corrected chi connectivity index (χ2v) is 5.91. The number of amides is 1. The average molecular weight is 314 g/mol. The summed E-state index contributed by atoms with van der Waals surface area (Å²) in [6.45, 7) is 1.42. The Morgan fingerprint density at radius 3 is 2.57 bits per heavy atom. The number of carbonyl (C=O) groups is 1. The van der Waals surface area contributed by atoms with Gasteiger partial charge in [0.1, 0.15) is 11.9 Å². The lowest BCUT2D eigenvalue weighted by Crippen LogP contribution is -2.43. The van der Waals surface area contributed by atoms with E-state index in [-0.39, 0.29) is 18.1 Å². The van der Waals surface area contributed by atoms with Gasteiger partial charge in [0.05, 0.1) is 12.3 Å². The first-order valence-corrected chi connectivity index (χ1v) is 7.91. The zero-order valence-electron chi connectivity index (χ0n) is 13.2. The number of aromatic nitrogens is 2. The number of aliphatic hydroxyl groups is 1. The molecule has 1 aliphatic rings. The standard InChI is InChI=1S/C17H22N4O2/c1-20-15(7-10-18-20)19-17(23)16(13-5-3-2-4-6-13)21-11-8-14(22)9-12-21/h2-7,10,14,16,22H,8-9,11-12H2,1H3,(H,19,23). The number of nitrogens with zero attached hydrogens (tertiary/aromatic N) is 3. The van der Waals surface area contributed by atoms with Crippen molar-refractivity contribution in [3.8, 4) is 0 Å². The quantitative estimate of drug-likeness (QED) is 0.898. The third-order valence-electron chi connectivity index (χ3n) is 4.30. The molecule has 122 valence electrons. The Hall–Kier alpha value is -2.18. The second-order valence-electron chi connectivity index (χ2n) is 5.91. The van der Waals surface area contributed by atoms with E-state index in [1.165, 1.54) is 0 Å². The van der Waals surface area contributed by atoms with E-state index < -0.39 is 0 Å². The number of hydrogen-bond donors (Lipinski definition) is 2. The van der Waals surface area contributed by atoms with E-state index in [1.54, 1.807) is 24.0 Å². The van der Waals surface area contributed by atoms with Crippen molar-refractivity contribution in [2.24, 2.45) is 7.05 Å². The Morgan fingerprint density at radius 2 is 1.96 bits per heavy atom. The number of benzene rings is 1. The average Bonchev–Trinajstić information content (AvgIpc) is 2.96. The van der Waals surface area contributed by atoms with Crippen LogP contribution in [-0.4, -0.2) is 44.9 Å². The minimum absolute atomic E-state index is 0.0730. The van der Waals surface area contributed by atoms with Crippen LogP contribution in [-0.2, 0) is 11.8 Å². The number of aliphatic hydroxyl groups excluding tert-OH is 1. The summed E-state index contributed by atoms with van der Waals surface area (Å²) in [7, 11) is 1.80. The van der Waals surface area contributed by atoms with E-state index >= 15 is 0 Å². The van der Waals surface area contributed by atoms with E-state index in [0.717, 1.165) is 5.56 Å². The van der Waals surface area contributed by atoms with Crippen molar-refractivity contribution in [3.63, 3.8) is 0 Å². The first-order chi connectivity index (χ1) is 11.1. The fraction of sp³-hybridized carbons (Fsp3) is 0.412. The van der Waals surface area contributed by atoms with Gasteiger partial charge in [-0.05, 0) is 18.4 Å². The van der Waals surface area contributed by atoms with E-state index in [2.05, 4.69) is 15.3 Å². The molecule has 2 N–H and O–H groups in total. The molecule has 1 atom stereocenters. The second kappa shape index (κ2) is 6.93. The van der Waals surface area contributed by atoms with Crippen molar-refractivity contribution in [1.82, 2.24) is 14.7 Å². The number of hydrogen-bond acceptors (Lipinski definition) is 4. The van der Waals surface area contributed by atoms with E-state index in [1.807, 2.05) is 30.3 Å². The molecule has 2 heterocycles. The molecule has 0 aliphatic carbocycles. The molecule has 1 amide bonds. The van der Waals surface area contributed by atoms with Crippen LogP contribution in [0.15, 0.2) is 42.6 Å². The van der Waals surface area contributed by atoms with Gasteiger partial charge in [0.25, 0.3) is 0 Å². The third kappa shape index (κ3) is 3.60. The highest BCUT2D eigenvalue weighted by atomic mass is 16.3. The van der Waals surface area contributed by atoms with Gasteiger partial charge in [0.2, 0.25) is 5.91 Å². The van der Waals surface area contributed by atoms with Crippen LogP contribution in [0.4, 0.5) is 5.82 Å². The van der Waals surface area contributed by atoms with Crippen LogP contribution in [0, 0.1) is 0 Å². The molecular weight excluding hydrogens is 292 g/mol. The summed E-state index contributed by atoms with van der Waals surface area (Å²) < 4.78 is 1.64. The molecule has 1 aliphatic heterocycles. The minimum atomic E-state index is -0.362. The van der Waals surface area contributed by atoms with E-state index in [4.69, 9.17) is 0 Å². The van der Waals surface area contributed by atoms with Gasteiger partial charge in [-0.3, -0.25) is 14.4 Å². The molecule has 0 radical (unpaired) electrons. The van der Waals surface area contributed by atoms with Gasteiger partial charge >= 0.3 is 0 Å². The third-order valence-corrected chi connectivity index (χ3v) is 4.30. The molecule has 1 aromatic carbocycles. The van der Waals surface area contributed by atoms with Crippen LogP contribution in [0.3, 0.4) is 0 Å². The predicted octanol–water partition coefficient (Wildman–Crippen LogP) is 1.56. The number of likely N-dealkylation sites (tertiary alicyclic amines) is 1. The summed E-state index contributed by atoms with van der Waals surface area (Å²) in [5.41, 5.74) is 0.962. The lowest BCUT2D eigenvalue weighted by atomic mass is 10.00. The lowest BCUT2D eigenvalue weighted by molar-refractivity contribution is -0.122. The SMILES string of the molecule is Cn1nccc1NC(=O)C(c1ccccc1)N1CCC(O)CC1. The predicted molar refractivity (Wildman–Crippen MR) is 87.8 cm³/mol. The number of piperidine rings is 1. The monoisotopic (exact) mass is 314 g/mol. The zero-order chi connectivity index (χ0) is 16.2. The van der Waals surface area contributed by atoms with Crippen molar-refractivity contribution in [3.05, 3.63) is 48.2 Å². The maximum Gasteiger partial charge on any atom is 0.247 e. The molecule has 2 aromatic rings. The van der Waals surface area contributed by atoms with Gasteiger partial charge in [-0.2, -0.15) is 5.10 Å². The molecule has 6 nitrogen and oxygen atoms in total. The van der Waals surface area contributed by atoms with Gasteiger partial charge in [-0.15, -0.1) is 0 Å². The highest BCUT2D eigenvalue weighted by molar-refractivity contribution is 5.94. The van der Waals surface area contributed by atoms with Gasteiger partial charge in [0.15, 0.2) is 0 Å². The van der Waals surface area contributed by atoms with Crippen molar-refractivity contribution in [2.75, 3.05) is 18.4 Å². The molecule has 3 rings (SSSR count). The first-order valence-electron chi connectivity index (χ1n) is 7.91. The summed E-state index contributed by atoms with van der Waals surface area (Å²) in [6.07, 6.45) is 2.79. The molecule has 1 fully saturated rings. The molecule has 0 spiro atoms. The maximum absolute atomic E-state index is 12.9. The van der Waals surface area contributed by atoms with Crippen LogP contribution in [0.1, 0.15) is 24.4 Å². The van der Waals surface area contributed by atoms with Crippen LogP contribution in [0.2, 0.25) is 0 Å². The van der Waals surface area contributed by atoms with Gasteiger partial charge in [-0.25, -0.2) is 0 Å². The lowest BCUT2D eigenvalue weighted by Gasteiger charge is -2.35. The van der Waals surface area contributed by atoms with E-state index in [9.17, 15) is 9.90 Å². The first kappa shape index (κ1) is 15.7. The van der Waals surface area contributed by atoms with Crippen LogP contribution < -0.4 is 5.32 Å². The van der Waals surface area contributed by atoms with Gasteiger partial charge in [-0.1, -0.05) is 30.3 Å². The highest BCUT2D eigenvalue weighted by Crippen LogP contribution is 2.26. The van der Waals surface area contributed by atoms with Crippen molar-refractivity contribution >= 4 is 11.7 Å². The van der Waals surface area contributed by atoms with Crippen molar-refractivity contribution < 1.29 is 9.90 Å². The molecule has 0 bridgehead atoms. The number of anilines is 1. The summed E-state index contributed by atoms with van der Waals surface area (Å²) in [6, 6.07) is 11.2. The Bertz CT molecular complexity index is 648. The zero-order valence-corrected chi connectivity index (χ0v) is 13.2. The smallest absolute Gasteiger partial charge is 0.247 e. The van der Waals surface area contributed by atoms with Crippen LogP contribution in [0.25, 0.3) is 0 Å². The summed E-state index contributed by atoms with van der Waals surface area (Å²) >= 11 is 0. The fourth-order valence-electron chi connectivity index (χ4n) is 3.00. The Morgan fingerprint density at radius 1 is 1.26 bits per heavy atom. The van der Waals surface area contributed by atoms with Crippen LogP contribution >= 0.6 is 0 Å². The Labute approximate surface area is 135 Å². The van der Waals surface area contributed by atoms with Crippen LogP contribution in [0.5, 0.6) is 0 Å². The largest absolute Gasteiger partial charge is 0.393 e. The Balaban J connectivity index is 1.83. The molecule has 23 heavy (non-hydrogen) atoms. The Kier molecular flexibility index (Phi) is 4.73. The highest BCUT2D eigenvalue weighted by Gasteiger charge is 2.30. The summed E-state index contributed by atoms with van der Waals surface area (Å²) in [5.74, 6) is 0.601. The minimum Gasteiger partial charge on any atom is -0.393 e. The fourth-order valence-corrected chi connectivity index (χ4v) is 3.00. The molecule has 1 aromatic heterocycles. The van der Waals surface area contributed by atoms with Gasteiger partial charge in [0, 0.05) is 26.2 Å². The van der Waals surface area contributed by atoms with Crippen molar-refractivity contribution in [2.45, 2.75) is 25.0 Å². The number of carbonyl (C=O) groups excluding carboxylic acids is 1. The maximum atomic E-state index is 12.9. The normalized spacial score (nSPS) is 17.8. The number of rotatable bonds is 4. The van der Waals surface area contributed by atoms with Crippen molar-refractivity contribution in [1.29, 1.82) is 0 Å². The number of aryl methyl sites for hydroxylation is 1. The summed E-state index contributed by atoms with van der Waals surface area (Å²) in [5, 5.41) is 16.8. The molecule has 1 unspecified atom stereocenters. The topological polar surface area (TPSA) is 70.4 Å².